The minimum atomic E-state index is 0.601. The van der Waals surface area contributed by atoms with Gasteiger partial charge in [0.1, 0.15) is 11.6 Å². The van der Waals surface area contributed by atoms with Crippen LogP contribution in [0.2, 0.25) is 0 Å². The molecule has 0 amide bonds. The molecule has 2 fully saturated rings. The maximum absolute atomic E-state index is 4.99. The number of anilines is 1. The molecule has 4 heteroatoms. The third kappa shape index (κ3) is 2.73. The van der Waals surface area contributed by atoms with Crippen molar-refractivity contribution in [1.29, 1.82) is 0 Å². The summed E-state index contributed by atoms with van der Waals surface area (Å²) in [4.78, 5) is 9.76. The molecule has 1 aromatic heterocycles. The van der Waals surface area contributed by atoms with Crippen LogP contribution in [0, 0.1) is 3.57 Å². The predicted molar refractivity (Wildman–Crippen MR) is 86.7 cm³/mol. The fourth-order valence-corrected chi connectivity index (χ4v) is 4.44. The monoisotopic (exact) mass is 371 g/mol. The van der Waals surface area contributed by atoms with E-state index < -0.39 is 0 Å². The first-order chi connectivity index (χ1) is 9.29. The standard InChI is InChI=1S/C15H22IN3/c1-17-15-12(16)13(10-6-2-3-7-10)18-14(19-15)11-8-4-5-9-11/h10-11H,2-9H2,1H3,(H,17,18,19). The summed E-state index contributed by atoms with van der Waals surface area (Å²) in [6.45, 7) is 0. The topological polar surface area (TPSA) is 37.8 Å². The predicted octanol–water partition coefficient (Wildman–Crippen LogP) is 4.44. The third-order valence-corrected chi connectivity index (χ3v) is 5.66. The lowest BCUT2D eigenvalue weighted by Crippen LogP contribution is -2.11. The van der Waals surface area contributed by atoms with Gasteiger partial charge in [-0.3, -0.25) is 0 Å². The number of nitrogens with one attached hydrogen (secondary N) is 1. The molecule has 0 atom stereocenters. The van der Waals surface area contributed by atoms with Crippen LogP contribution < -0.4 is 5.32 Å². The van der Waals surface area contributed by atoms with Gasteiger partial charge >= 0.3 is 0 Å². The van der Waals surface area contributed by atoms with E-state index in [1.165, 1.54) is 60.6 Å². The van der Waals surface area contributed by atoms with Gasteiger partial charge < -0.3 is 5.32 Å². The molecule has 2 aliphatic rings. The molecule has 0 radical (unpaired) electrons. The lowest BCUT2D eigenvalue weighted by atomic mass is 10.0. The Morgan fingerprint density at radius 3 is 2.11 bits per heavy atom. The molecule has 0 spiro atoms. The number of hydrogen-bond acceptors (Lipinski definition) is 3. The molecular weight excluding hydrogens is 349 g/mol. The number of halogens is 1. The summed E-state index contributed by atoms with van der Waals surface area (Å²) in [5, 5.41) is 3.26. The summed E-state index contributed by atoms with van der Waals surface area (Å²) in [5.74, 6) is 3.41. The van der Waals surface area contributed by atoms with Gasteiger partial charge in [-0.25, -0.2) is 9.97 Å². The zero-order valence-corrected chi connectivity index (χ0v) is 13.7. The lowest BCUT2D eigenvalue weighted by molar-refractivity contribution is 0.631. The Bertz CT molecular complexity index is 449. The highest BCUT2D eigenvalue weighted by Crippen LogP contribution is 2.39. The Hall–Kier alpha value is -0.390. The van der Waals surface area contributed by atoms with Crippen LogP contribution in [0.1, 0.15) is 74.7 Å². The molecular formula is C15H22IN3. The van der Waals surface area contributed by atoms with Crippen molar-refractivity contribution in [2.24, 2.45) is 0 Å². The molecule has 104 valence electrons. The Morgan fingerprint density at radius 1 is 0.947 bits per heavy atom. The zero-order valence-electron chi connectivity index (χ0n) is 11.6. The second-order valence-electron chi connectivity index (χ2n) is 5.84. The van der Waals surface area contributed by atoms with E-state index in [9.17, 15) is 0 Å². The van der Waals surface area contributed by atoms with Crippen molar-refractivity contribution >= 4 is 28.4 Å². The highest BCUT2D eigenvalue weighted by molar-refractivity contribution is 14.1. The van der Waals surface area contributed by atoms with Gasteiger partial charge in [0.05, 0.1) is 9.26 Å². The number of aromatic nitrogens is 2. The number of rotatable bonds is 3. The zero-order chi connectivity index (χ0) is 13.2. The van der Waals surface area contributed by atoms with Gasteiger partial charge in [-0.1, -0.05) is 25.7 Å². The molecule has 2 aliphatic carbocycles. The van der Waals surface area contributed by atoms with Gasteiger partial charge in [-0.2, -0.15) is 0 Å². The second-order valence-corrected chi connectivity index (χ2v) is 6.92. The van der Waals surface area contributed by atoms with Crippen molar-refractivity contribution < 1.29 is 0 Å². The Labute approximate surface area is 129 Å². The molecule has 0 unspecified atom stereocenters. The highest BCUT2D eigenvalue weighted by atomic mass is 127. The molecule has 0 aromatic carbocycles. The van der Waals surface area contributed by atoms with Crippen molar-refractivity contribution in [1.82, 2.24) is 9.97 Å². The van der Waals surface area contributed by atoms with Gasteiger partial charge in [0.15, 0.2) is 0 Å². The van der Waals surface area contributed by atoms with Gasteiger partial charge in [-0.15, -0.1) is 0 Å². The first kappa shape index (κ1) is 13.6. The van der Waals surface area contributed by atoms with E-state index in [4.69, 9.17) is 9.97 Å². The summed E-state index contributed by atoms with van der Waals surface area (Å²) in [5.41, 5.74) is 1.32. The first-order valence-corrected chi connectivity index (χ1v) is 8.62. The number of hydrogen-bond donors (Lipinski definition) is 1. The van der Waals surface area contributed by atoms with E-state index in [0.717, 1.165) is 11.6 Å². The van der Waals surface area contributed by atoms with Gasteiger partial charge in [0.2, 0.25) is 0 Å². The number of nitrogens with zero attached hydrogens (tertiary/aromatic N) is 2. The van der Waals surface area contributed by atoms with Crippen LogP contribution in [0.15, 0.2) is 0 Å². The van der Waals surface area contributed by atoms with E-state index in [1.54, 1.807) is 0 Å². The minimum Gasteiger partial charge on any atom is -0.372 e. The Morgan fingerprint density at radius 2 is 1.53 bits per heavy atom. The first-order valence-electron chi connectivity index (χ1n) is 7.54. The van der Waals surface area contributed by atoms with Crippen LogP contribution >= 0.6 is 22.6 Å². The summed E-state index contributed by atoms with van der Waals surface area (Å²) in [6, 6.07) is 0. The molecule has 0 aliphatic heterocycles. The summed E-state index contributed by atoms with van der Waals surface area (Å²) in [6.07, 6.45) is 10.6. The van der Waals surface area contributed by atoms with E-state index in [1.807, 2.05) is 7.05 Å². The van der Waals surface area contributed by atoms with Crippen LogP contribution in [0.25, 0.3) is 0 Å². The molecule has 3 rings (SSSR count). The average Bonchev–Trinajstić information content (AvgIpc) is 3.12. The molecule has 0 saturated heterocycles. The van der Waals surface area contributed by atoms with E-state index >= 15 is 0 Å². The quantitative estimate of drug-likeness (QED) is 0.799. The van der Waals surface area contributed by atoms with E-state index in [0.29, 0.717) is 11.8 Å². The summed E-state index contributed by atoms with van der Waals surface area (Å²) < 4.78 is 1.24. The molecule has 1 aromatic rings. The van der Waals surface area contributed by atoms with Crippen molar-refractivity contribution in [3.8, 4) is 0 Å². The van der Waals surface area contributed by atoms with Crippen molar-refractivity contribution in [3.05, 3.63) is 15.1 Å². The van der Waals surface area contributed by atoms with E-state index in [2.05, 4.69) is 27.9 Å². The van der Waals surface area contributed by atoms with Crippen LogP contribution in [0.5, 0.6) is 0 Å². The molecule has 1 heterocycles. The maximum Gasteiger partial charge on any atom is 0.143 e. The fraction of sp³-hybridized carbons (Fsp3) is 0.733. The molecule has 0 bridgehead atoms. The van der Waals surface area contributed by atoms with Crippen molar-refractivity contribution in [2.75, 3.05) is 12.4 Å². The fourth-order valence-electron chi connectivity index (χ4n) is 3.48. The maximum atomic E-state index is 4.99. The van der Waals surface area contributed by atoms with Crippen LogP contribution in [-0.4, -0.2) is 17.0 Å². The minimum absolute atomic E-state index is 0.601. The molecule has 19 heavy (non-hydrogen) atoms. The van der Waals surface area contributed by atoms with Gasteiger partial charge in [-0.05, 0) is 48.3 Å². The largest absolute Gasteiger partial charge is 0.372 e. The van der Waals surface area contributed by atoms with Crippen LogP contribution in [0.4, 0.5) is 5.82 Å². The highest BCUT2D eigenvalue weighted by Gasteiger charge is 2.26. The molecule has 1 N–H and O–H groups in total. The van der Waals surface area contributed by atoms with Gasteiger partial charge in [0, 0.05) is 18.9 Å². The Kier molecular flexibility index (Phi) is 4.24. The van der Waals surface area contributed by atoms with E-state index in [-0.39, 0.29) is 0 Å². The van der Waals surface area contributed by atoms with Gasteiger partial charge in [0.25, 0.3) is 0 Å². The van der Waals surface area contributed by atoms with Crippen molar-refractivity contribution in [3.63, 3.8) is 0 Å². The lowest BCUT2D eigenvalue weighted by Gasteiger charge is -2.17. The van der Waals surface area contributed by atoms with Crippen LogP contribution in [0.3, 0.4) is 0 Å². The van der Waals surface area contributed by atoms with Crippen LogP contribution in [-0.2, 0) is 0 Å². The summed E-state index contributed by atoms with van der Waals surface area (Å²) >= 11 is 2.42. The second kappa shape index (κ2) is 5.94. The summed E-state index contributed by atoms with van der Waals surface area (Å²) in [7, 11) is 1.97. The Balaban J connectivity index is 1.98. The molecule has 3 nitrogen and oxygen atoms in total. The molecule has 2 saturated carbocycles. The SMILES string of the molecule is CNc1nc(C2CCCC2)nc(C2CCCC2)c1I. The third-order valence-electron chi connectivity index (χ3n) is 4.59. The normalized spacial score (nSPS) is 21.2. The smallest absolute Gasteiger partial charge is 0.143 e. The average molecular weight is 371 g/mol. The van der Waals surface area contributed by atoms with Crippen molar-refractivity contribution in [2.45, 2.75) is 63.2 Å².